The molecule has 1 aromatic heterocycles. The average molecular weight is 444 g/mol. The molecule has 0 fully saturated rings. The first-order valence-corrected chi connectivity index (χ1v) is 10.2. The first-order valence-electron chi connectivity index (χ1n) is 10.2. The highest BCUT2D eigenvalue weighted by Gasteiger charge is 2.20. The van der Waals surface area contributed by atoms with Crippen molar-refractivity contribution >= 4 is 27.6 Å². The molecule has 0 atom stereocenters. The largest absolute Gasteiger partial charge is 0.497 e. The van der Waals surface area contributed by atoms with E-state index in [-0.39, 0.29) is 18.0 Å². The maximum absolute atomic E-state index is 14.3. The lowest BCUT2D eigenvalue weighted by molar-refractivity contribution is 0.0730. The predicted molar refractivity (Wildman–Crippen MR) is 121 cm³/mol. The molecule has 4 aromatic carbocycles. The molecule has 1 heterocycles. The lowest BCUT2D eigenvalue weighted by atomic mass is 10.1. The van der Waals surface area contributed by atoms with Crippen LogP contribution in [0.1, 0.15) is 15.9 Å². The molecule has 0 spiro atoms. The van der Waals surface area contributed by atoms with Crippen LogP contribution >= 0.6 is 0 Å². The van der Waals surface area contributed by atoms with Crippen LogP contribution in [0.25, 0.3) is 21.7 Å². The number of benzene rings is 4. The van der Waals surface area contributed by atoms with Gasteiger partial charge in [-0.2, -0.15) is 0 Å². The van der Waals surface area contributed by atoms with Crippen molar-refractivity contribution in [3.8, 4) is 11.6 Å². The molecule has 164 valence electrons. The second kappa shape index (κ2) is 8.35. The van der Waals surface area contributed by atoms with Gasteiger partial charge in [-0.05, 0) is 47.2 Å². The van der Waals surface area contributed by atoms with Gasteiger partial charge in [-0.15, -0.1) is 5.10 Å². The Bertz CT molecular complexity index is 1490. The molecule has 0 bridgehead atoms. The molecule has 5 aromatic rings. The van der Waals surface area contributed by atoms with Crippen molar-refractivity contribution in [2.24, 2.45) is 0 Å². The third-order valence-corrected chi connectivity index (χ3v) is 5.49. The van der Waals surface area contributed by atoms with E-state index in [0.29, 0.717) is 22.2 Å². The van der Waals surface area contributed by atoms with Crippen molar-refractivity contribution in [2.75, 3.05) is 7.11 Å². The van der Waals surface area contributed by atoms with Gasteiger partial charge in [0.15, 0.2) is 0 Å². The zero-order valence-corrected chi connectivity index (χ0v) is 17.6. The lowest BCUT2D eigenvalue weighted by Gasteiger charge is -2.06. The number of fused-ring (bicyclic) bond motifs is 2. The van der Waals surface area contributed by atoms with Gasteiger partial charge in [0.05, 0.1) is 30.1 Å². The number of methoxy groups -OCH3 is 1. The summed E-state index contributed by atoms with van der Waals surface area (Å²) in [4.78, 5) is 13.1. The molecule has 0 radical (unpaired) electrons. The second-order valence-electron chi connectivity index (χ2n) is 7.46. The van der Waals surface area contributed by atoms with Crippen molar-refractivity contribution in [3.05, 3.63) is 102 Å². The molecule has 0 unspecified atom stereocenters. The van der Waals surface area contributed by atoms with Gasteiger partial charge < -0.3 is 9.47 Å². The molecule has 0 aliphatic heterocycles. The normalized spacial score (nSPS) is 11.1. The fourth-order valence-electron chi connectivity index (χ4n) is 3.83. The summed E-state index contributed by atoms with van der Waals surface area (Å²) in [6.07, 6.45) is 0. The zero-order valence-electron chi connectivity index (χ0n) is 17.6. The van der Waals surface area contributed by atoms with Crippen LogP contribution in [-0.4, -0.2) is 22.9 Å². The van der Waals surface area contributed by atoms with Gasteiger partial charge in [0.25, 0.3) is 0 Å². The lowest BCUT2D eigenvalue weighted by Crippen LogP contribution is -2.11. The Morgan fingerprint density at radius 1 is 0.909 bits per heavy atom. The molecular formula is C26H18F2N2O3. The Hall–Kier alpha value is -4.26. The molecule has 7 heteroatoms. The van der Waals surface area contributed by atoms with E-state index in [0.717, 1.165) is 10.8 Å². The summed E-state index contributed by atoms with van der Waals surface area (Å²) in [5.74, 6) is -1.39. The van der Waals surface area contributed by atoms with Crippen LogP contribution in [-0.2, 0) is 6.54 Å². The highest BCUT2D eigenvalue weighted by atomic mass is 19.1. The molecule has 0 N–H and O–H groups in total. The van der Waals surface area contributed by atoms with Gasteiger partial charge in [0.2, 0.25) is 5.88 Å². The number of carbonyl (C=O) groups excluding carboxylic acids is 1. The molecule has 0 saturated carbocycles. The molecule has 5 rings (SSSR count). The van der Waals surface area contributed by atoms with Crippen LogP contribution in [0.2, 0.25) is 0 Å². The van der Waals surface area contributed by atoms with Crippen molar-refractivity contribution in [3.63, 3.8) is 0 Å². The minimum atomic E-state index is -0.679. The van der Waals surface area contributed by atoms with Crippen molar-refractivity contribution < 1.29 is 23.0 Å². The van der Waals surface area contributed by atoms with Crippen LogP contribution in [0.4, 0.5) is 8.78 Å². The summed E-state index contributed by atoms with van der Waals surface area (Å²) in [7, 11) is 1.52. The van der Waals surface area contributed by atoms with E-state index in [9.17, 15) is 13.6 Å². The number of ether oxygens (including phenoxy) is 2. The minimum Gasteiger partial charge on any atom is -0.497 e. The van der Waals surface area contributed by atoms with E-state index in [1.165, 1.54) is 30.0 Å². The van der Waals surface area contributed by atoms with Crippen molar-refractivity contribution in [1.82, 2.24) is 9.78 Å². The average Bonchev–Trinajstić information content (AvgIpc) is 3.17. The zero-order chi connectivity index (χ0) is 22.9. The Labute approximate surface area is 187 Å². The van der Waals surface area contributed by atoms with Crippen LogP contribution in [0.15, 0.2) is 78.9 Å². The number of rotatable bonds is 5. The first-order chi connectivity index (χ1) is 16.0. The van der Waals surface area contributed by atoms with E-state index >= 15 is 0 Å². The predicted octanol–water partition coefficient (Wildman–Crippen LogP) is 5.74. The topological polar surface area (TPSA) is 53.4 Å². The fourth-order valence-corrected chi connectivity index (χ4v) is 3.83. The van der Waals surface area contributed by atoms with Gasteiger partial charge >= 0.3 is 5.97 Å². The first kappa shape index (κ1) is 20.6. The summed E-state index contributed by atoms with van der Waals surface area (Å²) in [5, 5.41) is 6.51. The maximum Gasteiger partial charge on any atom is 0.345 e. The number of aromatic nitrogens is 2. The summed E-state index contributed by atoms with van der Waals surface area (Å²) in [6, 6.07) is 21.6. The standard InChI is InChI=1S/C26H18F2N2O3/c1-32-17-12-13-24-20(14-17)25(29-30(24)15-21-22(27)10-5-11-23(21)28)33-26(31)19-9-4-7-16-6-2-3-8-18(16)19/h2-14H,15H2,1H3. The molecular weight excluding hydrogens is 426 g/mol. The molecule has 33 heavy (non-hydrogen) atoms. The van der Waals surface area contributed by atoms with E-state index in [1.807, 2.05) is 30.3 Å². The third kappa shape index (κ3) is 3.78. The van der Waals surface area contributed by atoms with Crippen LogP contribution in [0.3, 0.4) is 0 Å². The Balaban J connectivity index is 1.58. The second-order valence-corrected chi connectivity index (χ2v) is 7.46. The van der Waals surface area contributed by atoms with Gasteiger partial charge in [-0.3, -0.25) is 4.68 Å². The highest BCUT2D eigenvalue weighted by Crippen LogP contribution is 2.31. The van der Waals surface area contributed by atoms with Gasteiger partial charge in [0.1, 0.15) is 17.4 Å². The molecule has 0 saturated heterocycles. The summed E-state index contributed by atoms with van der Waals surface area (Å²) >= 11 is 0. The van der Waals surface area contributed by atoms with E-state index < -0.39 is 17.6 Å². The van der Waals surface area contributed by atoms with Crippen LogP contribution in [0, 0.1) is 11.6 Å². The maximum atomic E-state index is 14.3. The molecule has 0 aliphatic rings. The van der Waals surface area contributed by atoms with Crippen LogP contribution in [0.5, 0.6) is 11.6 Å². The Kier molecular flexibility index (Phi) is 5.22. The van der Waals surface area contributed by atoms with Gasteiger partial charge in [-0.1, -0.05) is 42.5 Å². The minimum absolute atomic E-state index is 0.0265. The third-order valence-electron chi connectivity index (χ3n) is 5.49. The SMILES string of the molecule is COc1ccc2c(c1)c(OC(=O)c1cccc3ccccc13)nn2Cc1c(F)cccc1F. The van der Waals surface area contributed by atoms with E-state index in [2.05, 4.69) is 5.10 Å². The summed E-state index contributed by atoms with van der Waals surface area (Å²) in [6.45, 7) is -0.173. The van der Waals surface area contributed by atoms with E-state index in [1.54, 1.807) is 30.3 Å². The van der Waals surface area contributed by atoms with E-state index in [4.69, 9.17) is 9.47 Å². The molecule has 5 nitrogen and oxygen atoms in total. The fraction of sp³-hybridized carbons (Fsp3) is 0.0769. The van der Waals surface area contributed by atoms with Crippen LogP contribution < -0.4 is 9.47 Å². The smallest absolute Gasteiger partial charge is 0.345 e. The molecule has 0 aliphatic carbocycles. The summed E-state index contributed by atoms with van der Waals surface area (Å²) < 4.78 is 40.9. The summed E-state index contributed by atoms with van der Waals surface area (Å²) in [5.41, 5.74) is 0.794. The molecule has 0 amide bonds. The number of hydrogen-bond donors (Lipinski definition) is 0. The number of esters is 1. The number of halogens is 2. The Morgan fingerprint density at radius 3 is 2.42 bits per heavy atom. The van der Waals surface area contributed by atoms with Crippen molar-refractivity contribution in [1.29, 1.82) is 0 Å². The van der Waals surface area contributed by atoms with Crippen molar-refractivity contribution in [2.45, 2.75) is 6.54 Å². The number of carbonyl (C=O) groups is 1. The number of hydrogen-bond acceptors (Lipinski definition) is 4. The quantitative estimate of drug-likeness (QED) is 0.324. The monoisotopic (exact) mass is 444 g/mol. The highest BCUT2D eigenvalue weighted by molar-refractivity contribution is 6.05. The van der Waals surface area contributed by atoms with Gasteiger partial charge in [0, 0.05) is 5.56 Å². The Morgan fingerprint density at radius 2 is 1.64 bits per heavy atom. The number of nitrogens with zero attached hydrogens (tertiary/aromatic N) is 2. The van der Waals surface area contributed by atoms with Gasteiger partial charge in [-0.25, -0.2) is 13.6 Å².